The van der Waals surface area contributed by atoms with Gasteiger partial charge in [-0.25, -0.2) is 0 Å². The number of piperidine rings is 1. The standard InChI is InChI=1S/C29H33NO3/c1-18-8-11-22-14-23-29(31)15-19(2)26(32-17-21-6-4-3-5-7-21)27-28(29,24(22)25(18)33-27)12-13-30(23)16-20-9-10-20/h3-8,11,20,23,27,31H,9-10,12-17H2,1-2H3/t23-,27+,28+,29-/m1/s1. The SMILES string of the molecule is CC1=C(OCc2ccccc2)[C@@H]2Oc3c(C)ccc4c3[C@@]23CCN(CC2CC2)[C@H](C4)[C@]3(O)C1. The zero-order chi connectivity index (χ0) is 22.4. The number of ether oxygens (including phenoxy) is 2. The fourth-order valence-corrected chi connectivity index (χ4v) is 7.44. The van der Waals surface area contributed by atoms with Crippen molar-refractivity contribution in [1.29, 1.82) is 0 Å². The van der Waals surface area contributed by atoms with Crippen molar-refractivity contribution in [2.75, 3.05) is 13.1 Å². The molecule has 2 aliphatic heterocycles. The Kier molecular flexibility index (Phi) is 4.18. The predicted molar refractivity (Wildman–Crippen MR) is 127 cm³/mol. The highest BCUT2D eigenvalue weighted by atomic mass is 16.5. The van der Waals surface area contributed by atoms with Crippen molar-refractivity contribution < 1.29 is 14.6 Å². The molecule has 2 bridgehead atoms. The Labute approximate surface area is 196 Å². The number of hydrogen-bond donors (Lipinski definition) is 1. The molecule has 2 aromatic carbocycles. The minimum atomic E-state index is -0.819. The van der Waals surface area contributed by atoms with Gasteiger partial charge in [0.2, 0.25) is 0 Å². The van der Waals surface area contributed by atoms with Crippen molar-refractivity contribution in [2.45, 2.75) is 75.7 Å². The zero-order valence-electron chi connectivity index (χ0n) is 19.6. The minimum absolute atomic E-state index is 0.143. The van der Waals surface area contributed by atoms with E-state index < -0.39 is 11.0 Å². The molecule has 1 saturated carbocycles. The second kappa shape index (κ2) is 6.86. The van der Waals surface area contributed by atoms with Gasteiger partial charge >= 0.3 is 0 Å². The number of aryl methyl sites for hydroxylation is 1. The molecule has 4 nitrogen and oxygen atoms in total. The zero-order valence-corrected chi connectivity index (χ0v) is 19.6. The summed E-state index contributed by atoms with van der Waals surface area (Å²) < 4.78 is 13.4. The lowest BCUT2D eigenvalue weighted by Crippen LogP contribution is -2.75. The Bertz CT molecular complexity index is 1150. The van der Waals surface area contributed by atoms with E-state index in [9.17, 15) is 5.11 Å². The van der Waals surface area contributed by atoms with E-state index in [-0.39, 0.29) is 12.1 Å². The van der Waals surface area contributed by atoms with E-state index in [2.05, 4.69) is 55.1 Å². The molecule has 33 heavy (non-hydrogen) atoms. The summed E-state index contributed by atoms with van der Waals surface area (Å²) >= 11 is 0. The van der Waals surface area contributed by atoms with E-state index in [1.807, 2.05) is 6.07 Å². The van der Waals surface area contributed by atoms with Crippen LogP contribution in [0, 0.1) is 12.8 Å². The lowest BCUT2D eigenvalue weighted by molar-refractivity contribution is -0.173. The number of nitrogens with zero attached hydrogens (tertiary/aromatic N) is 1. The van der Waals surface area contributed by atoms with Crippen LogP contribution in [0.2, 0.25) is 0 Å². The van der Waals surface area contributed by atoms with Crippen LogP contribution in [0.25, 0.3) is 0 Å². The van der Waals surface area contributed by atoms with Crippen LogP contribution in [0.15, 0.2) is 53.8 Å². The van der Waals surface area contributed by atoms with E-state index in [1.165, 1.54) is 29.5 Å². The maximum absolute atomic E-state index is 12.7. The first-order valence-corrected chi connectivity index (χ1v) is 12.6. The Morgan fingerprint density at radius 1 is 1.12 bits per heavy atom. The van der Waals surface area contributed by atoms with Gasteiger partial charge in [-0.15, -0.1) is 0 Å². The fourth-order valence-electron chi connectivity index (χ4n) is 7.44. The number of likely N-dealkylation sites (tertiary alicyclic amines) is 1. The largest absolute Gasteiger partial charge is 0.489 e. The molecule has 3 aliphatic carbocycles. The number of benzene rings is 2. The molecule has 4 atom stereocenters. The minimum Gasteiger partial charge on any atom is -0.489 e. The van der Waals surface area contributed by atoms with Crippen molar-refractivity contribution >= 4 is 0 Å². The molecule has 0 aromatic heterocycles. The van der Waals surface area contributed by atoms with Crippen LogP contribution in [-0.2, 0) is 23.2 Å². The van der Waals surface area contributed by atoms with Gasteiger partial charge in [-0.05, 0) is 74.3 Å². The first kappa shape index (κ1) is 20.1. The molecule has 172 valence electrons. The van der Waals surface area contributed by atoms with Crippen LogP contribution in [0.5, 0.6) is 5.75 Å². The smallest absolute Gasteiger partial charge is 0.168 e. The molecule has 4 heteroatoms. The second-order valence-electron chi connectivity index (χ2n) is 11.1. The van der Waals surface area contributed by atoms with Gasteiger partial charge in [0.1, 0.15) is 18.1 Å². The molecule has 2 heterocycles. The second-order valence-corrected chi connectivity index (χ2v) is 11.1. The van der Waals surface area contributed by atoms with E-state index in [4.69, 9.17) is 9.47 Å². The normalized spacial score (nSPS) is 34.2. The molecule has 7 rings (SSSR count). The van der Waals surface area contributed by atoms with E-state index >= 15 is 0 Å². The molecule has 2 fully saturated rings. The lowest BCUT2D eigenvalue weighted by atomic mass is 9.49. The van der Waals surface area contributed by atoms with Crippen molar-refractivity contribution in [3.63, 3.8) is 0 Å². The van der Waals surface area contributed by atoms with Gasteiger partial charge in [-0.1, -0.05) is 42.5 Å². The Morgan fingerprint density at radius 2 is 1.94 bits per heavy atom. The quantitative estimate of drug-likeness (QED) is 0.730. The van der Waals surface area contributed by atoms with Crippen LogP contribution in [-0.4, -0.2) is 40.8 Å². The van der Waals surface area contributed by atoms with Crippen molar-refractivity contribution in [1.82, 2.24) is 4.90 Å². The van der Waals surface area contributed by atoms with Crippen LogP contribution in [0.4, 0.5) is 0 Å². The van der Waals surface area contributed by atoms with Crippen molar-refractivity contribution in [3.05, 3.63) is 76.1 Å². The third-order valence-corrected chi connectivity index (χ3v) is 9.16. The van der Waals surface area contributed by atoms with Crippen molar-refractivity contribution in [3.8, 4) is 5.75 Å². The van der Waals surface area contributed by atoms with Crippen LogP contribution in [0.3, 0.4) is 0 Å². The van der Waals surface area contributed by atoms with Crippen LogP contribution >= 0.6 is 0 Å². The average molecular weight is 444 g/mol. The van der Waals surface area contributed by atoms with Crippen molar-refractivity contribution in [2.24, 2.45) is 5.92 Å². The molecular formula is C29H33NO3. The summed E-state index contributed by atoms with van der Waals surface area (Å²) in [4.78, 5) is 2.61. The fraction of sp³-hybridized carbons (Fsp3) is 0.517. The highest BCUT2D eigenvalue weighted by Gasteiger charge is 2.72. The highest BCUT2D eigenvalue weighted by Crippen LogP contribution is 2.65. The molecule has 0 radical (unpaired) electrons. The van der Waals surface area contributed by atoms with Crippen LogP contribution < -0.4 is 4.74 Å². The molecule has 0 amide bonds. The summed E-state index contributed by atoms with van der Waals surface area (Å²) in [6.07, 6.45) is 4.93. The lowest BCUT2D eigenvalue weighted by Gasteiger charge is -2.63. The Hall–Kier alpha value is -2.30. The monoisotopic (exact) mass is 443 g/mol. The van der Waals surface area contributed by atoms with E-state index in [0.717, 1.165) is 54.5 Å². The molecule has 1 saturated heterocycles. The Balaban J connectivity index is 1.35. The topological polar surface area (TPSA) is 41.9 Å². The first-order chi connectivity index (χ1) is 16.0. The first-order valence-electron chi connectivity index (χ1n) is 12.6. The molecule has 0 unspecified atom stereocenters. The van der Waals surface area contributed by atoms with Gasteiger partial charge in [0.05, 0.1) is 11.0 Å². The van der Waals surface area contributed by atoms with Gasteiger partial charge < -0.3 is 14.6 Å². The van der Waals surface area contributed by atoms with Crippen LogP contribution in [0.1, 0.15) is 54.9 Å². The van der Waals surface area contributed by atoms with Gasteiger partial charge in [-0.2, -0.15) is 0 Å². The summed E-state index contributed by atoms with van der Waals surface area (Å²) in [5.41, 5.74) is 4.88. The Morgan fingerprint density at radius 3 is 2.73 bits per heavy atom. The third-order valence-electron chi connectivity index (χ3n) is 9.16. The summed E-state index contributed by atoms with van der Waals surface area (Å²) in [6.45, 7) is 6.96. The summed E-state index contributed by atoms with van der Waals surface area (Å²) in [6, 6.07) is 15.0. The number of aliphatic hydroxyl groups is 1. The summed E-state index contributed by atoms with van der Waals surface area (Å²) in [5, 5.41) is 12.7. The molecular weight excluding hydrogens is 410 g/mol. The average Bonchev–Trinajstić information content (AvgIpc) is 3.55. The molecule has 1 spiro atoms. The maximum atomic E-state index is 12.7. The molecule has 5 aliphatic rings. The number of hydrogen-bond acceptors (Lipinski definition) is 4. The van der Waals surface area contributed by atoms with E-state index in [1.54, 1.807) is 0 Å². The summed E-state index contributed by atoms with van der Waals surface area (Å²) in [5.74, 6) is 2.76. The maximum Gasteiger partial charge on any atom is 0.168 e. The predicted octanol–water partition coefficient (Wildman–Crippen LogP) is 4.66. The van der Waals surface area contributed by atoms with Gasteiger partial charge in [-0.3, -0.25) is 4.90 Å². The molecule has 2 aromatic rings. The number of rotatable bonds is 5. The van der Waals surface area contributed by atoms with E-state index in [0.29, 0.717) is 13.0 Å². The van der Waals surface area contributed by atoms with Gasteiger partial charge in [0, 0.05) is 24.6 Å². The van der Waals surface area contributed by atoms with Gasteiger partial charge in [0.25, 0.3) is 0 Å². The third kappa shape index (κ3) is 2.65. The molecule has 1 N–H and O–H groups in total. The van der Waals surface area contributed by atoms with Gasteiger partial charge in [0.15, 0.2) is 6.10 Å². The highest BCUT2D eigenvalue weighted by molar-refractivity contribution is 5.62. The summed E-state index contributed by atoms with van der Waals surface area (Å²) in [7, 11) is 0.